The van der Waals surface area contributed by atoms with E-state index in [1.165, 1.54) is 12.8 Å². The second kappa shape index (κ2) is 7.29. The highest BCUT2D eigenvalue weighted by Gasteiger charge is 2.22. The predicted octanol–water partition coefficient (Wildman–Crippen LogP) is 2.57. The largest absolute Gasteiger partial charge is 0.333 e. The summed E-state index contributed by atoms with van der Waals surface area (Å²) in [7, 11) is 3.75. The van der Waals surface area contributed by atoms with Crippen LogP contribution >= 0.6 is 11.8 Å². The van der Waals surface area contributed by atoms with Crippen LogP contribution in [0.5, 0.6) is 0 Å². The molecule has 1 aliphatic heterocycles. The standard InChI is InChI=1S/C16H24N6OS/c1-20-9-7-17-15(20)13-10-14(21(2)19-13)18-16(23)22-8-5-4-6-12(11-22)24-3/h7,9-10,12H,4-6,8,11H2,1-3H3,(H,18,23). The first kappa shape index (κ1) is 16.9. The minimum absolute atomic E-state index is 0.0506. The third kappa shape index (κ3) is 3.58. The summed E-state index contributed by atoms with van der Waals surface area (Å²) in [4.78, 5) is 18.9. The van der Waals surface area contributed by atoms with Gasteiger partial charge in [-0.05, 0) is 19.1 Å². The molecule has 2 aromatic rings. The number of aryl methyl sites for hydroxylation is 2. The van der Waals surface area contributed by atoms with Gasteiger partial charge in [0.2, 0.25) is 0 Å². The molecule has 1 N–H and O–H groups in total. The lowest BCUT2D eigenvalue weighted by molar-refractivity contribution is 0.214. The number of thioether (sulfide) groups is 1. The Balaban J connectivity index is 1.72. The zero-order valence-corrected chi connectivity index (χ0v) is 15.2. The van der Waals surface area contributed by atoms with Gasteiger partial charge in [0.05, 0.1) is 0 Å². The number of likely N-dealkylation sites (tertiary alicyclic amines) is 1. The van der Waals surface area contributed by atoms with Gasteiger partial charge < -0.3 is 9.47 Å². The Kier molecular flexibility index (Phi) is 5.13. The molecule has 24 heavy (non-hydrogen) atoms. The molecule has 1 aliphatic rings. The van der Waals surface area contributed by atoms with Crippen LogP contribution in [0.4, 0.5) is 10.6 Å². The molecule has 130 valence electrons. The highest BCUT2D eigenvalue weighted by atomic mass is 32.2. The molecule has 3 rings (SSSR count). The lowest BCUT2D eigenvalue weighted by Crippen LogP contribution is -2.38. The molecule has 1 saturated heterocycles. The second-order valence-electron chi connectivity index (χ2n) is 6.13. The fourth-order valence-electron chi connectivity index (χ4n) is 2.97. The van der Waals surface area contributed by atoms with E-state index >= 15 is 0 Å². The molecular formula is C16H24N6OS. The van der Waals surface area contributed by atoms with Crippen LogP contribution < -0.4 is 5.32 Å². The van der Waals surface area contributed by atoms with Crippen LogP contribution in [-0.2, 0) is 14.1 Å². The van der Waals surface area contributed by atoms with Crippen molar-refractivity contribution in [2.24, 2.45) is 14.1 Å². The highest BCUT2D eigenvalue weighted by Crippen LogP contribution is 2.22. The topological polar surface area (TPSA) is 68.0 Å². The molecule has 1 atom stereocenters. The van der Waals surface area contributed by atoms with E-state index in [0.29, 0.717) is 11.1 Å². The van der Waals surface area contributed by atoms with Crippen molar-refractivity contribution < 1.29 is 4.79 Å². The van der Waals surface area contributed by atoms with E-state index < -0.39 is 0 Å². The average Bonchev–Trinajstić information content (AvgIpc) is 3.04. The summed E-state index contributed by atoms with van der Waals surface area (Å²) < 4.78 is 3.59. The van der Waals surface area contributed by atoms with Crippen LogP contribution in [0.25, 0.3) is 11.5 Å². The van der Waals surface area contributed by atoms with Crippen molar-refractivity contribution in [2.45, 2.75) is 24.5 Å². The van der Waals surface area contributed by atoms with E-state index in [1.54, 1.807) is 10.9 Å². The van der Waals surface area contributed by atoms with Gasteiger partial charge in [-0.1, -0.05) is 6.42 Å². The van der Waals surface area contributed by atoms with Gasteiger partial charge in [-0.25, -0.2) is 9.78 Å². The first-order valence-corrected chi connectivity index (χ1v) is 9.47. The summed E-state index contributed by atoms with van der Waals surface area (Å²) in [5, 5.41) is 7.97. The summed E-state index contributed by atoms with van der Waals surface area (Å²) in [6.07, 6.45) is 9.16. The maximum absolute atomic E-state index is 12.6. The van der Waals surface area contributed by atoms with Gasteiger partial charge in [-0.3, -0.25) is 10.00 Å². The Morgan fingerprint density at radius 1 is 1.38 bits per heavy atom. The lowest BCUT2D eigenvalue weighted by atomic mass is 10.2. The van der Waals surface area contributed by atoms with Gasteiger partial charge in [0.25, 0.3) is 0 Å². The number of nitrogens with one attached hydrogen (secondary N) is 1. The van der Waals surface area contributed by atoms with E-state index in [-0.39, 0.29) is 6.03 Å². The van der Waals surface area contributed by atoms with E-state index in [9.17, 15) is 4.79 Å². The third-order valence-corrected chi connectivity index (χ3v) is 5.47. The molecule has 2 aromatic heterocycles. The third-order valence-electron chi connectivity index (χ3n) is 4.41. The fourth-order valence-corrected chi connectivity index (χ4v) is 3.71. The van der Waals surface area contributed by atoms with Gasteiger partial charge in [0, 0.05) is 50.9 Å². The summed E-state index contributed by atoms with van der Waals surface area (Å²) in [5.74, 6) is 1.46. The number of imidazole rings is 1. The van der Waals surface area contributed by atoms with Crippen LogP contribution in [-0.4, -0.2) is 54.9 Å². The predicted molar refractivity (Wildman–Crippen MR) is 97.2 cm³/mol. The number of carbonyl (C=O) groups excluding carboxylic acids is 1. The average molecular weight is 348 g/mol. The van der Waals surface area contributed by atoms with Crippen LogP contribution in [0.3, 0.4) is 0 Å². The minimum atomic E-state index is -0.0506. The minimum Gasteiger partial charge on any atom is -0.333 e. The van der Waals surface area contributed by atoms with Crippen molar-refractivity contribution in [2.75, 3.05) is 24.7 Å². The normalized spacial score (nSPS) is 18.5. The van der Waals surface area contributed by atoms with Gasteiger partial charge in [0.1, 0.15) is 11.5 Å². The van der Waals surface area contributed by atoms with Gasteiger partial charge in [0.15, 0.2) is 5.82 Å². The Morgan fingerprint density at radius 2 is 2.21 bits per heavy atom. The number of hydrogen-bond donors (Lipinski definition) is 1. The van der Waals surface area contributed by atoms with Crippen molar-refractivity contribution in [3.05, 3.63) is 18.5 Å². The quantitative estimate of drug-likeness (QED) is 0.926. The van der Waals surface area contributed by atoms with Crippen LogP contribution in [0, 0.1) is 0 Å². The number of aromatic nitrogens is 4. The monoisotopic (exact) mass is 348 g/mol. The molecule has 0 saturated carbocycles. The summed E-state index contributed by atoms with van der Waals surface area (Å²) in [5.41, 5.74) is 0.748. The Labute approximate surface area is 146 Å². The molecule has 2 amide bonds. The van der Waals surface area contributed by atoms with Crippen LogP contribution in [0.2, 0.25) is 0 Å². The number of carbonyl (C=O) groups is 1. The molecule has 0 aliphatic carbocycles. The molecule has 1 unspecified atom stereocenters. The maximum atomic E-state index is 12.6. The van der Waals surface area contributed by atoms with Crippen LogP contribution in [0.15, 0.2) is 18.5 Å². The molecule has 0 aromatic carbocycles. The number of nitrogens with zero attached hydrogens (tertiary/aromatic N) is 5. The van der Waals surface area contributed by atoms with E-state index in [1.807, 2.05) is 47.6 Å². The number of urea groups is 1. The SMILES string of the molecule is CSC1CCCCN(C(=O)Nc2cc(-c3nccn3C)nn2C)C1. The lowest BCUT2D eigenvalue weighted by Gasteiger charge is -2.23. The molecule has 1 fully saturated rings. The first-order valence-electron chi connectivity index (χ1n) is 8.19. The number of amides is 2. The smallest absolute Gasteiger partial charge is 0.323 e. The molecule has 0 radical (unpaired) electrons. The van der Waals surface area contributed by atoms with Crippen molar-refractivity contribution in [1.29, 1.82) is 0 Å². The molecule has 7 nitrogen and oxygen atoms in total. The number of rotatable bonds is 3. The summed E-state index contributed by atoms with van der Waals surface area (Å²) in [6.45, 7) is 1.62. The molecule has 8 heteroatoms. The van der Waals surface area contributed by atoms with Crippen molar-refractivity contribution in [3.8, 4) is 11.5 Å². The summed E-state index contributed by atoms with van der Waals surface area (Å²) in [6, 6.07) is 1.81. The van der Waals surface area contributed by atoms with Gasteiger partial charge in [-0.2, -0.15) is 16.9 Å². The maximum Gasteiger partial charge on any atom is 0.323 e. The molecule has 0 bridgehead atoms. The Hall–Kier alpha value is -1.96. The van der Waals surface area contributed by atoms with E-state index in [2.05, 4.69) is 21.7 Å². The van der Waals surface area contributed by atoms with Crippen molar-refractivity contribution >= 4 is 23.6 Å². The Morgan fingerprint density at radius 3 is 2.92 bits per heavy atom. The van der Waals surface area contributed by atoms with Crippen LogP contribution in [0.1, 0.15) is 19.3 Å². The zero-order chi connectivity index (χ0) is 17.1. The first-order chi connectivity index (χ1) is 11.6. The van der Waals surface area contributed by atoms with Gasteiger partial charge in [-0.15, -0.1) is 0 Å². The summed E-state index contributed by atoms with van der Waals surface area (Å²) >= 11 is 1.84. The number of hydrogen-bond acceptors (Lipinski definition) is 4. The molecular weight excluding hydrogens is 324 g/mol. The van der Waals surface area contributed by atoms with Crippen molar-refractivity contribution in [1.82, 2.24) is 24.2 Å². The molecule has 0 spiro atoms. The Bertz CT molecular complexity index is 709. The highest BCUT2D eigenvalue weighted by molar-refractivity contribution is 7.99. The van der Waals surface area contributed by atoms with Crippen molar-refractivity contribution in [3.63, 3.8) is 0 Å². The van der Waals surface area contributed by atoms with Gasteiger partial charge >= 0.3 is 6.03 Å². The fraction of sp³-hybridized carbons (Fsp3) is 0.562. The number of anilines is 1. The second-order valence-corrected chi connectivity index (χ2v) is 7.27. The van der Waals surface area contributed by atoms with E-state index in [4.69, 9.17) is 0 Å². The van der Waals surface area contributed by atoms with E-state index in [0.717, 1.165) is 31.0 Å². The zero-order valence-electron chi connectivity index (χ0n) is 14.4. The molecule has 3 heterocycles.